The molecule has 0 radical (unpaired) electrons. The summed E-state index contributed by atoms with van der Waals surface area (Å²) in [7, 11) is -1.61. The van der Waals surface area contributed by atoms with Crippen molar-refractivity contribution < 1.29 is 14.8 Å². The fraction of sp³-hybridized carbons (Fsp3) is 0.407. The molecule has 0 unspecified atom stereocenters. The van der Waals surface area contributed by atoms with E-state index in [1.807, 2.05) is 73.3 Å². The molecule has 0 aromatic carbocycles. The molecule has 0 aliphatic heterocycles. The van der Waals surface area contributed by atoms with Crippen molar-refractivity contribution in [3.8, 4) is 0 Å². The maximum Gasteiger partial charge on any atom is 0.475 e. The molecule has 0 saturated carbocycles. The van der Waals surface area contributed by atoms with E-state index in [0.29, 0.717) is 39.1 Å². The van der Waals surface area contributed by atoms with Crippen LogP contribution < -0.4 is 5.32 Å². The van der Waals surface area contributed by atoms with Crippen molar-refractivity contribution in [3.63, 3.8) is 0 Å². The molecule has 3 N–H and O–H groups in total. The van der Waals surface area contributed by atoms with Crippen LogP contribution in [0.3, 0.4) is 0 Å². The first kappa shape index (κ1) is 28.4. The van der Waals surface area contributed by atoms with Crippen LogP contribution in [0.15, 0.2) is 73.2 Å². The minimum absolute atomic E-state index is 0.110. The molecule has 0 aliphatic rings. The number of pyridine rings is 3. The molecule has 196 valence electrons. The maximum absolute atomic E-state index is 12.9. The Balaban J connectivity index is 1.70. The van der Waals surface area contributed by atoms with Gasteiger partial charge in [-0.25, -0.2) is 0 Å². The highest BCUT2D eigenvalue weighted by Gasteiger charge is 2.27. The molecule has 3 aromatic heterocycles. The van der Waals surface area contributed by atoms with Crippen molar-refractivity contribution >= 4 is 13.0 Å². The summed E-state index contributed by atoms with van der Waals surface area (Å²) in [6, 6.07) is 17.5. The van der Waals surface area contributed by atoms with Crippen LogP contribution in [0.25, 0.3) is 0 Å². The summed E-state index contributed by atoms with van der Waals surface area (Å²) >= 11 is 0. The molecule has 0 bridgehead atoms. The lowest BCUT2D eigenvalue weighted by Crippen LogP contribution is -2.50. The Morgan fingerprint density at radius 2 is 1.27 bits per heavy atom. The standard InChI is InChI=1S/C27H37BN6O3/c1-22(2)17-26(28(36)37)32-27(35)21-34(20-25-11-5-8-14-31-25)16-15-33(18-23-9-3-6-12-29-23)19-24-10-4-7-13-30-24/h3-14,22,26,36-37H,15-21H2,1-2H3,(H,32,35)/t26-/m0/s1. The van der Waals surface area contributed by atoms with E-state index in [0.717, 1.165) is 17.1 Å². The number of nitrogens with one attached hydrogen (secondary N) is 1. The summed E-state index contributed by atoms with van der Waals surface area (Å²) in [6.45, 7) is 7.12. The van der Waals surface area contributed by atoms with E-state index < -0.39 is 13.1 Å². The molecule has 3 aromatic rings. The third kappa shape index (κ3) is 10.8. The van der Waals surface area contributed by atoms with Gasteiger partial charge in [-0.2, -0.15) is 0 Å². The molecule has 0 spiro atoms. The van der Waals surface area contributed by atoms with Gasteiger partial charge in [0.15, 0.2) is 0 Å². The third-order valence-corrected chi connectivity index (χ3v) is 5.87. The summed E-state index contributed by atoms with van der Waals surface area (Å²) in [6.07, 6.45) is 5.79. The van der Waals surface area contributed by atoms with E-state index >= 15 is 0 Å². The van der Waals surface area contributed by atoms with Crippen LogP contribution in [-0.2, 0) is 24.4 Å². The summed E-state index contributed by atoms with van der Waals surface area (Å²) in [5.41, 5.74) is 2.78. The first-order valence-electron chi connectivity index (χ1n) is 12.7. The Kier molecular flexibility index (Phi) is 11.6. The maximum atomic E-state index is 12.9. The van der Waals surface area contributed by atoms with Crippen molar-refractivity contribution in [2.24, 2.45) is 5.92 Å². The Morgan fingerprint density at radius 3 is 1.68 bits per heavy atom. The van der Waals surface area contributed by atoms with Gasteiger partial charge in [-0.15, -0.1) is 0 Å². The van der Waals surface area contributed by atoms with Crippen LogP contribution >= 0.6 is 0 Å². The van der Waals surface area contributed by atoms with E-state index in [9.17, 15) is 14.8 Å². The van der Waals surface area contributed by atoms with E-state index in [4.69, 9.17) is 0 Å². The Labute approximate surface area is 219 Å². The van der Waals surface area contributed by atoms with Gasteiger partial charge in [0.2, 0.25) is 5.91 Å². The van der Waals surface area contributed by atoms with Gasteiger partial charge in [0.1, 0.15) is 0 Å². The van der Waals surface area contributed by atoms with Gasteiger partial charge in [0, 0.05) is 51.3 Å². The zero-order valence-corrected chi connectivity index (χ0v) is 21.6. The van der Waals surface area contributed by atoms with Gasteiger partial charge in [-0.3, -0.25) is 29.5 Å². The highest BCUT2D eigenvalue weighted by atomic mass is 16.4. The van der Waals surface area contributed by atoms with E-state index in [-0.39, 0.29) is 18.4 Å². The lowest BCUT2D eigenvalue weighted by atomic mass is 9.75. The molecule has 0 saturated heterocycles. The second-order valence-electron chi connectivity index (χ2n) is 9.60. The third-order valence-electron chi connectivity index (χ3n) is 5.87. The number of aromatic nitrogens is 3. The van der Waals surface area contributed by atoms with Gasteiger partial charge in [-0.1, -0.05) is 32.0 Å². The Morgan fingerprint density at radius 1 is 0.811 bits per heavy atom. The molecular formula is C27H37BN6O3. The summed E-state index contributed by atoms with van der Waals surface area (Å²) < 4.78 is 0. The Hall–Kier alpha value is -3.18. The molecule has 1 atom stereocenters. The molecule has 3 rings (SSSR count). The second kappa shape index (κ2) is 15.2. The molecule has 1 amide bonds. The normalized spacial score (nSPS) is 12.2. The number of carbonyl (C=O) groups excluding carboxylic acids is 1. The van der Waals surface area contributed by atoms with Crippen molar-refractivity contribution in [1.29, 1.82) is 0 Å². The van der Waals surface area contributed by atoms with Crippen LogP contribution in [0.2, 0.25) is 0 Å². The van der Waals surface area contributed by atoms with Gasteiger partial charge in [0.05, 0.1) is 29.6 Å². The van der Waals surface area contributed by atoms with Crippen LogP contribution in [-0.4, -0.2) is 73.4 Å². The molecule has 0 fully saturated rings. The number of nitrogens with zero attached hydrogens (tertiary/aromatic N) is 5. The van der Waals surface area contributed by atoms with E-state index in [1.165, 1.54) is 0 Å². The molecule has 37 heavy (non-hydrogen) atoms. The molecule has 0 aliphatic carbocycles. The van der Waals surface area contributed by atoms with Gasteiger partial charge in [-0.05, 0) is 48.7 Å². The van der Waals surface area contributed by atoms with Crippen molar-refractivity contribution in [3.05, 3.63) is 90.3 Å². The van der Waals surface area contributed by atoms with Crippen molar-refractivity contribution in [1.82, 2.24) is 30.1 Å². The molecular weight excluding hydrogens is 467 g/mol. The highest BCUT2D eigenvalue weighted by molar-refractivity contribution is 6.43. The predicted molar refractivity (Wildman–Crippen MR) is 144 cm³/mol. The lowest BCUT2D eigenvalue weighted by Gasteiger charge is -2.28. The average molecular weight is 504 g/mol. The molecule has 3 heterocycles. The average Bonchev–Trinajstić information content (AvgIpc) is 2.88. The zero-order chi connectivity index (χ0) is 26.5. The minimum Gasteiger partial charge on any atom is -0.426 e. The number of rotatable bonds is 15. The number of hydrogen-bond donors (Lipinski definition) is 3. The quantitative estimate of drug-likeness (QED) is 0.269. The van der Waals surface area contributed by atoms with E-state index in [2.05, 4.69) is 25.2 Å². The number of hydrogen-bond acceptors (Lipinski definition) is 8. The van der Waals surface area contributed by atoms with Crippen molar-refractivity contribution in [2.45, 2.75) is 45.8 Å². The lowest BCUT2D eigenvalue weighted by molar-refractivity contribution is -0.123. The first-order chi connectivity index (χ1) is 17.9. The number of carbonyl (C=O) groups is 1. The van der Waals surface area contributed by atoms with Crippen LogP contribution in [0.4, 0.5) is 0 Å². The van der Waals surface area contributed by atoms with Gasteiger partial charge < -0.3 is 15.4 Å². The molecule has 9 nitrogen and oxygen atoms in total. The topological polar surface area (TPSA) is 115 Å². The first-order valence-corrected chi connectivity index (χ1v) is 12.7. The smallest absolute Gasteiger partial charge is 0.426 e. The van der Waals surface area contributed by atoms with Crippen LogP contribution in [0, 0.1) is 5.92 Å². The predicted octanol–water partition coefficient (Wildman–Crippen LogP) is 1.92. The van der Waals surface area contributed by atoms with Gasteiger partial charge in [0.25, 0.3) is 0 Å². The Bertz CT molecular complexity index is 1000. The molecule has 10 heteroatoms. The summed E-state index contributed by atoms with van der Waals surface area (Å²) in [4.78, 5) is 30.6. The summed E-state index contributed by atoms with van der Waals surface area (Å²) in [5, 5.41) is 22.3. The fourth-order valence-corrected chi connectivity index (χ4v) is 4.09. The monoisotopic (exact) mass is 504 g/mol. The number of amides is 1. The van der Waals surface area contributed by atoms with Crippen LogP contribution in [0.1, 0.15) is 37.4 Å². The van der Waals surface area contributed by atoms with Crippen LogP contribution in [0.5, 0.6) is 0 Å². The SMILES string of the molecule is CC(C)C[C@H](NC(=O)CN(CCN(Cc1ccccn1)Cc1ccccn1)Cc1ccccn1)B(O)O. The van der Waals surface area contributed by atoms with E-state index in [1.54, 1.807) is 18.6 Å². The fourth-order valence-electron chi connectivity index (χ4n) is 4.09. The highest BCUT2D eigenvalue weighted by Crippen LogP contribution is 2.10. The van der Waals surface area contributed by atoms with Gasteiger partial charge >= 0.3 is 7.12 Å². The zero-order valence-electron chi connectivity index (χ0n) is 21.6. The van der Waals surface area contributed by atoms with Crippen molar-refractivity contribution in [2.75, 3.05) is 19.6 Å². The largest absolute Gasteiger partial charge is 0.475 e. The minimum atomic E-state index is -1.61. The second-order valence-corrected chi connectivity index (χ2v) is 9.60. The summed E-state index contributed by atoms with van der Waals surface area (Å²) in [5.74, 6) is -0.756.